The minimum absolute atomic E-state index is 0.00990. The van der Waals surface area contributed by atoms with E-state index in [2.05, 4.69) is 6.92 Å². The Hall–Kier alpha value is -0.610. The Morgan fingerprint density at radius 3 is 1.95 bits per heavy atom. The molecule has 0 aromatic rings. The number of carboxylic acids is 1. The van der Waals surface area contributed by atoms with Crippen molar-refractivity contribution < 1.29 is 20.1 Å². The highest BCUT2D eigenvalue weighted by molar-refractivity contribution is 5.67. The standard InChI is InChI=1S/C16H32O4/c1-2-3-4-5-6-7-8-9-14(12-17)10-15(13-18)11-16(19)20/h14-15,17-18H,2-13H2,1H3,(H,19,20). The number of aliphatic hydroxyl groups is 2. The Balaban J connectivity index is 3.71. The lowest BCUT2D eigenvalue weighted by atomic mass is 9.89. The number of aliphatic hydroxyl groups excluding tert-OH is 2. The summed E-state index contributed by atoms with van der Waals surface area (Å²) >= 11 is 0. The number of aliphatic carboxylic acids is 1. The van der Waals surface area contributed by atoms with Gasteiger partial charge in [-0.05, 0) is 24.7 Å². The lowest BCUT2D eigenvalue weighted by molar-refractivity contribution is -0.138. The van der Waals surface area contributed by atoms with Gasteiger partial charge in [-0.2, -0.15) is 0 Å². The molecule has 0 rings (SSSR count). The van der Waals surface area contributed by atoms with E-state index in [4.69, 9.17) is 10.2 Å². The van der Waals surface area contributed by atoms with Gasteiger partial charge in [-0.25, -0.2) is 0 Å². The lowest BCUT2D eigenvalue weighted by Gasteiger charge is -2.19. The fourth-order valence-corrected chi connectivity index (χ4v) is 2.61. The van der Waals surface area contributed by atoms with E-state index in [1.54, 1.807) is 0 Å². The quantitative estimate of drug-likeness (QED) is 0.429. The van der Waals surface area contributed by atoms with Gasteiger partial charge in [0.1, 0.15) is 0 Å². The van der Waals surface area contributed by atoms with E-state index in [0.29, 0.717) is 6.42 Å². The van der Waals surface area contributed by atoms with E-state index in [1.807, 2.05) is 0 Å². The van der Waals surface area contributed by atoms with Crippen molar-refractivity contribution in [2.45, 2.75) is 71.1 Å². The van der Waals surface area contributed by atoms with Crippen molar-refractivity contribution in [1.29, 1.82) is 0 Å². The van der Waals surface area contributed by atoms with Gasteiger partial charge in [0.15, 0.2) is 0 Å². The summed E-state index contributed by atoms with van der Waals surface area (Å²) < 4.78 is 0. The average molecular weight is 288 g/mol. The van der Waals surface area contributed by atoms with Gasteiger partial charge in [0.05, 0.1) is 6.42 Å². The van der Waals surface area contributed by atoms with E-state index in [0.717, 1.165) is 12.8 Å². The molecule has 0 fully saturated rings. The average Bonchev–Trinajstić information content (AvgIpc) is 2.43. The van der Waals surface area contributed by atoms with Crippen LogP contribution in [0.25, 0.3) is 0 Å². The molecule has 0 saturated carbocycles. The maximum Gasteiger partial charge on any atom is 0.303 e. The summed E-state index contributed by atoms with van der Waals surface area (Å²) in [6.45, 7) is 2.19. The molecule has 120 valence electrons. The van der Waals surface area contributed by atoms with Crippen LogP contribution in [-0.2, 0) is 4.79 Å². The molecule has 4 nitrogen and oxygen atoms in total. The van der Waals surface area contributed by atoms with Gasteiger partial charge in [0.25, 0.3) is 0 Å². The summed E-state index contributed by atoms with van der Waals surface area (Å²) in [6.07, 6.45) is 10.2. The molecule has 0 bridgehead atoms. The van der Waals surface area contributed by atoms with Crippen LogP contribution in [0.4, 0.5) is 0 Å². The fraction of sp³-hybridized carbons (Fsp3) is 0.938. The van der Waals surface area contributed by atoms with Crippen LogP contribution in [0.15, 0.2) is 0 Å². The predicted octanol–water partition coefficient (Wildman–Crippen LogP) is 3.21. The minimum Gasteiger partial charge on any atom is -0.481 e. The van der Waals surface area contributed by atoms with Crippen LogP contribution in [0.3, 0.4) is 0 Å². The number of unbranched alkanes of at least 4 members (excludes halogenated alkanes) is 6. The fourth-order valence-electron chi connectivity index (χ4n) is 2.61. The van der Waals surface area contributed by atoms with E-state index >= 15 is 0 Å². The Kier molecular flexibility index (Phi) is 13.0. The van der Waals surface area contributed by atoms with Crippen LogP contribution in [0.1, 0.15) is 71.1 Å². The molecule has 0 spiro atoms. The Morgan fingerprint density at radius 1 is 0.900 bits per heavy atom. The number of carbonyl (C=O) groups is 1. The first-order valence-corrected chi connectivity index (χ1v) is 8.07. The molecule has 0 radical (unpaired) electrons. The Morgan fingerprint density at radius 2 is 1.45 bits per heavy atom. The molecule has 20 heavy (non-hydrogen) atoms. The number of hydrogen-bond donors (Lipinski definition) is 3. The second kappa shape index (κ2) is 13.4. The molecule has 2 unspecified atom stereocenters. The van der Waals surface area contributed by atoms with Crippen LogP contribution in [-0.4, -0.2) is 34.5 Å². The first kappa shape index (κ1) is 19.4. The Labute approximate surface area is 123 Å². The molecule has 0 aromatic heterocycles. The zero-order valence-electron chi connectivity index (χ0n) is 12.9. The van der Waals surface area contributed by atoms with Crippen LogP contribution < -0.4 is 0 Å². The van der Waals surface area contributed by atoms with Crippen LogP contribution in [0, 0.1) is 11.8 Å². The van der Waals surface area contributed by atoms with Crippen molar-refractivity contribution >= 4 is 5.97 Å². The van der Waals surface area contributed by atoms with E-state index in [-0.39, 0.29) is 31.5 Å². The van der Waals surface area contributed by atoms with Gasteiger partial charge in [-0.1, -0.05) is 51.9 Å². The first-order chi connectivity index (χ1) is 9.63. The van der Waals surface area contributed by atoms with Crippen molar-refractivity contribution in [3.05, 3.63) is 0 Å². The molecule has 2 atom stereocenters. The molecule has 0 aliphatic carbocycles. The predicted molar refractivity (Wildman–Crippen MR) is 80.6 cm³/mol. The Bertz CT molecular complexity index is 231. The zero-order valence-corrected chi connectivity index (χ0v) is 12.9. The van der Waals surface area contributed by atoms with Crippen LogP contribution >= 0.6 is 0 Å². The summed E-state index contributed by atoms with van der Waals surface area (Å²) in [4.78, 5) is 10.7. The molecule has 0 aliphatic heterocycles. The highest BCUT2D eigenvalue weighted by atomic mass is 16.4. The summed E-state index contributed by atoms with van der Waals surface area (Å²) in [5.74, 6) is -0.979. The minimum atomic E-state index is -0.878. The van der Waals surface area contributed by atoms with Crippen molar-refractivity contribution in [3.8, 4) is 0 Å². The molecule has 0 amide bonds. The number of carboxylic acid groups (broad SMARTS) is 1. The summed E-state index contributed by atoms with van der Waals surface area (Å²) in [5, 5.41) is 27.3. The number of hydrogen-bond acceptors (Lipinski definition) is 3. The lowest BCUT2D eigenvalue weighted by Crippen LogP contribution is -2.18. The monoisotopic (exact) mass is 288 g/mol. The molecular weight excluding hydrogens is 256 g/mol. The van der Waals surface area contributed by atoms with Crippen LogP contribution in [0.2, 0.25) is 0 Å². The van der Waals surface area contributed by atoms with E-state index in [1.165, 1.54) is 38.5 Å². The van der Waals surface area contributed by atoms with Gasteiger partial charge in [0.2, 0.25) is 0 Å². The zero-order chi connectivity index (χ0) is 15.2. The molecule has 3 N–H and O–H groups in total. The molecule has 0 aromatic carbocycles. The molecule has 4 heteroatoms. The normalized spacial score (nSPS) is 14.2. The highest BCUT2D eigenvalue weighted by Crippen LogP contribution is 2.21. The third-order valence-corrected chi connectivity index (χ3v) is 3.86. The van der Waals surface area contributed by atoms with Crippen LogP contribution in [0.5, 0.6) is 0 Å². The summed E-state index contributed by atoms with van der Waals surface area (Å²) in [5.41, 5.74) is 0. The van der Waals surface area contributed by atoms with Crippen molar-refractivity contribution in [3.63, 3.8) is 0 Å². The molecule has 0 heterocycles. The third kappa shape index (κ3) is 11.2. The smallest absolute Gasteiger partial charge is 0.303 e. The maximum atomic E-state index is 10.7. The van der Waals surface area contributed by atoms with Crippen molar-refractivity contribution in [2.24, 2.45) is 11.8 Å². The molecule has 0 aliphatic rings. The molecule has 0 saturated heterocycles. The van der Waals surface area contributed by atoms with Crippen molar-refractivity contribution in [2.75, 3.05) is 13.2 Å². The van der Waals surface area contributed by atoms with Gasteiger partial charge in [-0.15, -0.1) is 0 Å². The second-order valence-corrected chi connectivity index (χ2v) is 5.84. The third-order valence-electron chi connectivity index (χ3n) is 3.86. The van der Waals surface area contributed by atoms with Crippen molar-refractivity contribution in [1.82, 2.24) is 0 Å². The SMILES string of the molecule is CCCCCCCCCC(CO)CC(CO)CC(=O)O. The maximum absolute atomic E-state index is 10.7. The number of rotatable bonds is 14. The largest absolute Gasteiger partial charge is 0.481 e. The second-order valence-electron chi connectivity index (χ2n) is 5.84. The summed E-state index contributed by atoms with van der Waals surface area (Å²) in [6, 6.07) is 0. The van der Waals surface area contributed by atoms with Gasteiger partial charge in [-0.3, -0.25) is 4.79 Å². The highest BCUT2D eigenvalue weighted by Gasteiger charge is 2.17. The van der Waals surface area contributed by atoms with E-state index < -0.39 is 5.97 Å². The van der Waals surface area contributed by atoms with Gasteiger partial charge < -0.3 is 15.3 Å². The van der Waals surface area contributed by atoms with Gasteiger partial charge >= 0.3 is 5.97 Å². The molecular formula is C16H32O4. The van der Waals surface area contributed by atoms with Gasteiger partial charge in [0, 0.05) is 13.2 Å². The topological polar surface area (TPSA) is 77.8 Å². The first-order valence-electron chi connectivity index (χ1n) is 8.07. The van der Waals surface area contributed by atoms with E-state index in [9.17, 15) is 9.90 Å². The summed E-state index contributed by atoms with van der Waals surface area (Å²) in [7, 11) is 0.